The number of nitrogens with zero attached hydrogens (tertiary/aromatic N) is 4. The Kier molecular flexibility index (Phi) is 4.06. The van der Waals surface area contributed by atoms with E-state index in [1.807, 2.05) is 37.3 Å². The second kappa shape index (κ2) is 6.15. The SMILES string of the molecule is CC(Nc1ncnc2cnc(S(C)=O)nc12)c1ccccc1. The van der Waals surface area contributed by atoms with Crippen molar-refractivity contribution in [1.82, 2.24) is 19.9 Å². The van der Waals surface area contributed by atoms with Crippen LogP contribution in [0, 0.1) is 0 Å². The summed E-state index contributed by atoms with van der Waals surface area (Å²) in [6, 6.07) is 10.1. The molecule has 2 atom stereocenters. The molecule has 0 aliphatic heterocycles. The third-order valence-electron chi connectivity index (χ3n) is 3.27. The first kappa shape index (κ1) is 14.5. The third kappa shape index (κ3) is 2.94. The van der Waals surface area contributed by atoms with E-state index in [-0.39, 0.29) is 11.2 Å². The lowest BCUT2D eigenvalue weighted by Crippen LogP contribution is -2.09. The normalized spacial score (nSPS) is 13.7. The van der Waals surface area contributed by atoms with Crippen LogP contribution in [0.25, 0.3) is 11.0 Å². The van der Waals surface area contributed by atoms with Gasteiger partial charge in [-0.1, -0.05) is 30.3 Å². The van der Waals surface area contributed by atoms with Crippen LogP contribution in [0.2, 0.25) is 0 Å². The van der Waals surface area contributed by atoms with Crippen molar-refractivity contribution in [2.75, 3.05) is 11.6 Å². The van der Waals surface area contributed by atoms with Gasteiger partial charge in [0.25, 0.3) is 0 Å². The second-order valence-electron chi connectivity index (χ2n) is 4.84. The summed E-state index contributed by atoms with van der Waals surface area (Å²) in [4.78, 5) is 16.8. The average Bonchev–Trinajstić information content (AvgIpc) is 2.55. The number of hydrogen-bond donors (Lipinski definition) is 1. The lowest BCUT2D eigenvalue weighted by molar-refractivity contribution is 0.680. The van der Waals surface area contributed by atoms with Crippen molar-refractivity contribution < 1.29 is 4.21 Å². The van der Waals surface area contributed by atoms with Gasteiger partial charge >= 0.3 is 0 Å². The van der Waals surface area contributed by atoms with Gasteiger partial charge in [0.15, 0.2) is 5.82 Å². The van der Waals surface area contributed by atoms with Gasteiger partial charge < -0.3 is 5.32 Å². The highest BCUT2D eigenvalue weighted by molar-refractivity contribution is 7.84. The Balaban J connectivity index is 1.99. The number of anilines is 1. The first-order chi connectivity index (χ1) is 10.6. The van der Waals surface area contributed by atoms with Crippen LogP contribution in [-0.2, 0) is 10.8 Å². The smallest absolute Gasteiger partial charge is 0.218 e. The van der Waals surface area contributed by atoms with Crippen molar-refractivity contribution in [1.29, 1.82) is 0 Å². The molecule has 0 radical (unpaired) electrons. The van der Waals surface area contributed by atoms with Crippen LogP contribution in [0.4, 0.5) is 5.82 Å². The molecule has 0 spiro atoms. The van der Waals surface area contributed by atoms with E-state index in [1.54, 1.807) is 12.5 Å². The minimum atomic E-state index is -1.25. The molecule has 3 aromatic rings. The number of nitrogens with one attached hydrogen (secondary N) is 1. The fourth-order valence-electron chi connectivity index (χ4n) is 2.11. The Morgan fingerprint density at radius 1 is 1.14 bits per heavy atom. The predicted octanol–water partition coefficient (Wildman–Crippen LogP) is 2.33. The Hall–Kier alpha value is -2.41. The van der Waals surface area contributed by atoms with Crippen LogP contribution in [-0.4, -0.2) is 30.4 Å². The molecule has 2 unspecified atom stereocenters. The topological polar surface area (TPSA) is 80.7 Å². The molecule has 2 heterocycles. The van der Waals surface area contributed by atoms with Crippen LogP contribution in [0.5, 0.6) is 0 Å². The van der Waals surface area contributed by atoms with E-state index in [0.717, 1.165) is 5.56 Å². The van der Waals surface area contributed by atoms with Crippen LogP contribution < -0.4 is 5.32 Å². The number of benzene rings is 1. The summed E-state index contributed by atoms with van der Waals surface area (Å²) in [5, 5.41) is 3.60. The molecule has 3 rings (SSSR count). The van der Waals surface area contributed by atoms with E-state index in [0.29, 0.717) is 16.9 Å². The Labute approximate surface area is 130 Å². The number of hydrogen-bond acceptors (Lipinski definition) is 6. The summed E-state index contributed by atoms with van der Waals surface area (Å²) in [6.07, 6.45) is 4.58. The predicted molar refractivity (Wildman–Crippen MR) is 85.9 cm³/mol. The maximum Gasteiger partial charge on any atom is 0.218 e. The summed E-state index contributed by atoms with van der Waals surface area (Å²) in [5.41, 5.74) is 2.33. The van der Waals surface area contributed by atoms with Gasteiger partial charge in [-0.3, -0.25) is 4.21 Å². The van der Waals surface area contributed by atoms with Crippen LogP contribution in [0.3, 0.4) is 0 Å². The van der Waals surface area contributed by atoms with E-state index < -0.39 is 10.8 Å². The van der Waals surface area contributed by atoms with Crippen molar-refractivity contribution in [2.45, 2.75) is 18.1 Å². The molecule has 6 nitrogen and oxygen atoms in total. The van der Waals surface area contributed by atoms with E-state index in [9.17, 15) is 4.21 Å². The largest absolute Gasteiger partial charge is 0.362 e. The molecule has 0 saturated heterocycles. The zero-order chi connectivity index (χ0) is 15.5. The maximum atomic E-state index is 11.6. The van der Waals surface area contributed by atoms with Gasteiger partial charge in [-0.25, -0.2) is 19.9 Å². The molecule has 0 bridgehead atoms. The summed E-state index contributed by atoms with van der Waals surface area (Å²) in [6.45, 7) is 2.04. The number of rotatable bonds is 4. The molecule has 0 saturated carbocycles. The lowest BCUT2D eigenvalue weighted by atomic mass is 10.1. The van der Waals surface area contributed by atoms with Gasteiger partial charge in [0.05, 0.1) is 23.0 Å². The first-order valence-corrected chi connectivity index (χ1v) is 8.33. The maximum absolute atomic E-state index is 11.6. The molecular formula is C15H15N5OS. The Morgan fingerprint density at radius 2 is 1.91 bits per heavy atom. The van der Waals surface area contributed by atoms with Crippen LogP contribution in [0.15, 0.2) is 48.0 Å². The zero-order valence-corrected chi connectivity index (χ0v) is 13.0. The average molecular weight is 313 g/mol. The van der Waals surface area contributed by atoms with Gasteiger partial charge in [-0.15, -0.1) is 0 Å². The molecular weight excluding hydrogens is 298 g/mol. The molecule has 1 aromatic carbocycles. The minimum Gasteiger partial charge on any atom is -0.362 e. The van der Waals surface area contributed by atoms with Crippen molar-refractivity contribution in [3.05, 3.63) is 48.4 Å². The Morgan fingerprint density at radius 3 is 2.64 bits per heavy atom. The number of fused-ring (bicyclic) bond motifs is 1. The van der Waals surface area contributed by atoms with Gasteiger partial charge in [0, 0.05) is 6.26 Å². The molecule has 0 amide bonds. The van der Waals surface area contributed by atoms with Crippen molar-refractivity contribution in [3.8, 4) is 0 Å². The molecule has 7 heteroatoms. The third-order valence-corrected chi connectivity index (χ3v) is 3.98. The molecule has 22 heavy (non-hydrogen) atoms. The van der Waals surface area contributed by atoms with Crippen molar-refractivity contribution in [3.63, 3.8) is 0 Å². The van der Waals surface area contributed by atoms with Gasteiger partial charge in [-0.2, -0.15) is 0 Å². The van der Waals surface area contributed by atoms with Crippen molar-refractivity contribution in [2.24, 2.45) is 0 Å². The highest BCUT2D eigenvalue weighted by atomic mass is 32.2. The van der Waals surface area contributed by atoms with Crippen LogP contribution in [0.1, 0.15) is 18.5 Å². The minimum absolute atomic E-state index is 0.0600. The van der Waals surface area contributed by atoms with E-state index in [2.05, 4.69) is 25.3 Å². The molecule has 1 N–H and O–H groups in total. The quantitative estimate of drug-likeness (QED) is 0.745. The Bertz CT molecular complexity index is 825. The van der Waals surface area contributed by atoms with Gasteiger partial charge in [0.1, 0.15) is 17.4 Å². The van der Waals surface area contributed by atoms with Crippen molar-refractivity contribution >= 4 is 27.7 Å². The highest BCUT2D eigenvalue weighted by Gasteiger charge is 2.12. The lowest BCUT2D eigenvalue weighted by Gasteiger charge is -2.15. The molecule has 2 aromatic heterocycles. The zero-order valence-electron chi connectivity index (χ0n) is 12.2. The summed E-state index contributed by atoms with van der Waals surface area (Å²) in [5.74, 6) is 0.607. The molecule has 0 fully saturated rings. The van der Waals surface area contributed by atoms with E-state index in [4.69, 9.17) is 0 Å². The fraction of sp³-hybridized carbons (Fsp3) is 0.200. The van der Waals surface area contributed by atoms with Gasteiger partial charge in [0.2, 0.25) is 5.16 Å². The summed E-state index contributed by atoms with van der Waals surface area (Å²) >= 11 is 0. The summed E-state index contributed by atoms with van der Waals surface area (Å²) < 4.78 is 11.6. The van der Waals surface area contributed by atoms with Crippen LogP contribution >= 0.6 is 0 Å². The van der Waals surface area contributed by atoms with Gasteiger partial charge in [-0.05, 0) is 12.5 Å². The molecule has 112 valence electrons. The summed E-state index contributed by atoms with van der Waals surface area (Å²) in [7, 11) is -1.25. The van der Waals surface area contributed by atoms with E-state index in [1.165, 1.54) is 6.33 Å². The molecule has 0 aliphatic carbocycles. The monoisotopic (exact) mass is 313 g/mol. The molecule has 0 aliphatic rings. The highest BCUT2D eigenvalue weighted by Crippen LogP contribution is 2.22. The number of aromatic nitrogens is 4. The second-order valence-corrected chi connectivity index (χ2v) is 6.11. The standard InChI is InChI=1S/C15H15N5OS/c1-10(11-6-4-3-5-7-11)19-14-13-12(17-9-18-14)8-16-15(20-13)22(2)21/h3-10H,1-2H3,(H,17,18,19). The fourth-order valence-corrected chi connectivity index (χ4v) is 2.53. The van der Waals surface area contributed by atoms with E-state index >= 15 is 0 Å². The first-order valence-electron chi connectivity index (χ1n) is 6.78.